The summed E-state index contributed by atoms with van der Waals surface area (Å²) in [4.78, 5) is 28.7. The molecule has 5 nitrogen and oxygen atoms in total. The minimum absolute atomic E-state index is 0.0162. The molecule has 3 aliphatic rings. The highest BCUT2D eigenvalue weighted by Crippen LogP contribution is 2.33. The van der Waals surface area contributed by atoms with Crippen molar-refractivity contribution in [2.75, 3.05) is 37.6 Å². The van der Waals surface area contributed by atoms with Crippen LogP contribution in [0.25, 0.3) is 0 Å². The zero-order valence-corrected chi connectivity index (χ0v) is 13.6. The number of amides is 2. The Morgan fingerprint density at radius 3 is 2.52 bits per heavy atom. The number of anilines is 1. The van der Waals surface area contributed by atoms with Gasteiger partial charge in [-0.05, 0) is 24.0 Å². The highest BCUT2D eigenvalue weighted by molar-refractivity contribution is 6.33. The van der Waals surface area contributed by atoms with Gasteiger partial charge < -0.3 is 15.1 Å². The van der Waals surface area contributed by atoms with Crippen LogP contribution in [0.3, 0.4) is 0 Å². The molecule has 3 fully saturated rings. The van der Waals surface area contributed by atoms with Gasteiger partial charge in [-0.25, -0.2) is 0 Å². The smallest absolute Gasteiger partial charge is 0.228 e. The van der Waals surface area contributed by atoms with Crippen LogP contribution in [0.2, 0.25) is 5.02 Å². The second-order valence-electron chi connectivity index (χ2n) is 6.78. The fourth-order valence-corrected chi connectivity index (χ4v) is 4.31. The number of carbonyl (C=O) groups is 2. The van der Waals surface area contributed by atoms with Crippen molar-refractivity contribution < 1.29 is 9.59 Å². The number of benzene rings is 1. The molecule has 6 heteroatoms. The lowest BCUT2D eigenvalue weighted by molar-refractivity contribution is -0.135. The zero-order valence-electron chi connectivity index (χ0n) is 12.9. The van der Waals surface area contributed by atoms with Crippen molar-refractivity contribution in [2.45, 2.75) is 6.42 Å². The Kier molecular flexibility index (Phi) is 3.77. The first-order chi connectivity index (χ1) is 11.1. The SMILES string of the molecule is O=C(C1CC(=O)N(c2ccccc2Cl)C1)N1C[C@H]2CNC[C@H]2C1. The molecular formula is C17H20ClN3O2. The van der Waals surface area contributed by atoms with Crippen LogP contribution in [-0.4, -0.2) is 49.4 Å². The third-order valence-electron chi connectivity index (χ3n) is 5.32. The molecule has 0 aliphatic carbocycles. The van der Waals surface area contributed by atoms with Gasteiger partial charge in [-0.15, -0.1) is 0 Å². The summed E-state index contributed by atoms with van der Waals surface area (Å²) in [6.07, 6.45) is 0.286. The molecule has 0 spiro atoms. The summed E-state index contributed by atoms with van der Waals surface area (Å²) in [5.74, 6) is 1.02. The van der Waals surface area contributed by atoms with E-state index in [0.717, 1.165) is 26.2 Å². The topological polar surface area (TPSA) is 52.7 Å². The van der Waals surface area contributed by atoms with Gasteiger partial charge in [0.25, 0.3) is 0 Å². The molecular weight excluding hydrogens is 314 g/mol. The van der Waals surface area contributed by atoms with E-state index in [2.05, 4.69) is 5.32 Å². The predicted octanol–water partition coefficient (Wildman–Crippen LogP) is 1.37. The summed E-state index contributed by atoms with van der Waals surface area (Å²) in [6, 6.07) is 7.30. The normalized spacial score (nSPS) is 30.1. The average Bonchev–Trinajstić information content (AvgIpc) is 3.21. The lowest BCUT2D eigenvalue weighted by atomic mass is 10.0. The maximum Gasteiger partial charge on any atom is 0.228 e. The first-order valence-corrected chi connectivity index (χ1v) is 8.55. The molecule has 3 heterocycles. The highest BCUT2D eigenvalue weighted by Gasteiger charge is 2.43. The summed E-state index contributed by atoms with van der Waals surface area (Å²) in [5, 5.41) is 3.93. The van der Waals surface area contributed by atoms with Crippen molar-refractivity contribution in [3.63, 3.8) is 0 Å². The highest BCUT2D eigenvalue weighted by atomic mass is 35.5. The van der Waals surface area contributed by atoms with Crippen LogP contribution in [0.4, 0.5) is 5.69 Å². The van der Waals surface area contributed by atoms with Gasteiger partial charge in [-0.2, -0.15) is 0 Å². The van der Waals surface area contributed by atoms with E-state index in [1.165, 1.54) is 0 Å². The van der Waals surface area contributed by atoms with Crippen LogP contribution in [0.5, 0.6) is 0 Å². The molecule has 3 aliphatic heterocycles. The zero-order chi connectivity index (χ0) is 16.0. The van der Waals surface area contributed by atoms with E-state index in [1.807, 2.05) is 23.1 Å². The number of fused-ring (bicyclic) bond motifs is 1. The Balaban J connectivity index is 1.46. The molecule has 4 rings (SSSR count). The Morgan fingerprint density at radius 2 is 1.83 bits per heavy atom. The number of nitrogens with zero attached hydrogens (tertiary/aromatic N) is 2. The maximum atomic E-state index is 12.8. The molecule has 23 heavy (non-hydrogen) atoms. The van der Waals surface area contributed by atoms with Gasteiger partial charge in [-0.3, -0.25) is 9.59 Å². The summed E-state index contributed by atoms with van der Waals surface area (Å²) in [6.45, 7) is 4.10. The van der Waals surface area contributed by atoms with Crippen LogP contribution in [0, 0.1) is 17.8 Å². The van der Waals surface area contributed by atoms with Crippen molar-refractivity contribution in [3.8, 4) is 0 Å². The molecule has 1 aromatic rings. The van der Waals surface area contributed by atoms with Crippen molar-refractivity contribution in [2.24, 2.45) is 17.8 Å². The minimum Gasteiger partial charge on any atom is -0.342 e. The van der Waals surface area contributed by atoms with Gasteiger partial charge in [-0.1, -0.05) is 23.7 Å². The van der Waals surface area contributed by atoms with E-state index in [1.54, 1.807) is 11.0 Å². The van der Waals surface area contributed by atoms with Gasteiger partial charge >= 0.3 is 0 Å². The number of halogens is 1. The second-order valence-corrected chi connectivity index (χ2v) is 7.19. The third kappa shape index (κ3) is 2.62. The summed E-state index contributed by atoms with van der Waals surface area (Å²) >= 11 is 6.19. The molecule has 122 valence electrons. The maximum absolute atomic E-state index is 12.8. The molecule has 2 amide bonds. The molecule has 0 aromatic heterocycles. The number of hydrogen-bond acceptors (Lipinski definition) is 3. The van der Waals surface area contributed by atoms with Crippen molar-refractivity contribution >= 4 is 29.1 Å². The minimum atomic E-state index is -0.245. The first-order valence-electron chi connectivity index (χ1n) is 8.18. The molecule has 0 bridgehead atoms. The van der Waals surface area contributed by atoms with Crippen molar-refractivity contribution in [3.05, 3.63) is 29.3 Å². The third-order valence-corrected chi connectivity index (χ3v) is 5.64. The first kappa shape index (κ1) is 15.0. The second kappa shape index (κ2) is 5.80. The lowest BCUT2D eigenvalue weighted by Crippen LogP contribution is -2.37. The van der Waals surface area contributed by atoms with E-state index in [0.29, 0.717) is 29.1 Å². The molecule has 3 saturated heterocycles. The van der Waals surface area contributed by atoms with Gasteiger partial charge in [0.2, 0.25) is 11.8 Å². The van der Waals surface area contributed by atoms with Crippen LogP contribution in [0.15, 0.2) is 24.3 Å². The summed E-state index contributed by atoms with van der Waals surface area (Å²) in [7, 11) is 0. The Hall–Kier alpha value is -1.59. The quantitative estimate of drug-likeness (QED) is 0.889. The van der Waals surface area contributed by atoms with Gasteiger partial charge in [0.05, 0.1) is 16.6 Å². The van der Waals surface area contributed by atoms with E-state index in [-0.39, 0.29) is 24.2 Å². The number of para-hydroxylation sites is 1. The summed E-state index contributed by atoms with van der Waals surface area (Å²) in [5.41, 5.74) is 0.706. The van der Waals surface area contributed by atoms with Crippen LogP contribution in [-0.2, 0) is 9.59 Å². The van der Waals surface area contributed by atoms with E-state index < -0.39 is 0 Å². The van der Waals surface area contributed by atoms with Gasteiger partial charge in [0.1, 0.15) is 0 Å². The average molecular weight is 334 g/mol. The Bertz CT molecular complexity index is 638. The van der Waals surface area contributed by atoms with Crippen molar-refractivity contribution in [1.29, 1.82) is 0 Å². The Labute approximate surface area is 140 Å². The lowest BCUT2D eigenvalue weighted by Gasteiger charge is -2.22. The van der Waals surface area contributed by atoms with E-state index in [4.69, 9.17) is 11.6 Å². The van der Waals surface area contributed by atoms with Crippen LogP contribution >= 0.6 is 11.6 Å². The number of likely N-dealkylation sites (tertiary alicyclic amines) is 1. The van der Waals surface area contributed by atoms with Gasteiger partial charge in [0.15, 0.2) is 0 Å². The molecule has 0 saturated carbocycles. The molecule has 1 unspecified atom stereocenters. The number of rotatable bonds is 2. The Morgan fingerprint density at radius 1 is 1.13 bits per heavy atom. The van der Waals surface area contributed by atoms with E-state index >= 15 is 0 Å². The van der Waals surface area contributed by atoms with Crippen LogP contribution in [0.1, 0.15) is 6.42 Å². The summed E-state index contributed by atoms with van der Waals surface area (Å²) < 4.78 is 0. The standard InChI is InChI=1S/C17H20ClN3O2/c18-14-3-1-2-4-15(14)21-10-11(5-16(21)22)17(23)20-8-12-6-19-7-13(12)9-20/h1-4,11-13,19H,5-10H2/t11?,12-,13+. The van der Waals surface area contributed by atoms with E-state index in [9.17, 15) is 9.59 Å². The molecule has 1 aromatic carbocycles. The van der Waals surface area contributed by atoms with Gasteiger partial charge in [0, 0.05) is 39.1 Å². The number of carbonyl (C=O) groups excluding carboxylic acids is 2. The van der Waals surface area contributed by atoms with Crippen LogP contribution < -0.4 is 10.2 Å². The monoisotopic (exact) mass is 333 g/mol. The fourth-order valence-electron chi connectivity index (χ4n) is 4.07. The fraction of sp³-hybridized carbons (Fsp3) is 0.529. The largest absolute Gasteiger partial charge is 0.342 e. The van der Waals surface area contributed by atoms with Crippen molar-refractivity contribution in [1.82, 2.24) is 10.2 Å². The predicted molar refractivity (Wildman–Crippen MR) is 88.3 cm³/mol. The number of hydrogen-bond donors (Lipinski definition) is 1. The molecule has 3 atom stereocenters. The number of nitrogens with one attached hydrogen (secondary N) is 1. The molecule has 1 N–H and O–H groups in total. The molecule has 0 radical (unpaired) electrons.